The molecule has 0 aliphatic heterocycles. The van der Waals surface area contributed by atoms with Gasteiger partial charge in [-0.3, -0.25) is 4.79 Å². The summed E-state index contributed by atoms with van der Waals surface area (Å²) >= 11 is 0. The molecule has 1 heteroatoms. The van der Waals surface area contributed by atoms with E-state index in [2.05, 4.69) is 63.7 Å². The fourth-order valence-electron chi connectivity index (χ4n) is 3.99. The number of hydrogen-bond acceptors (Lipinski definition) is 1. The Morgan fingerprint density at radius 2 is 1.77 bits per heavy atom. The molecule has 0 heterocycles. The van der Waals surface area contributed by atoms with Gasteiger partial charge in [0.25, 0.3) is 0 Å². The zero-order chi connectivity index (χ0) is 18.7. The summed E-state index contributed by atoms with van der Waals surface area (Å²) in [7, 11) is 0. The Labute approximate surface area is 158 Å². The van der Waals surface area contributed by atoms with Gasteiger partial charge in [-0.05, 0) is 66.0 Å². The third kappa shape index (κ3) is 3.98. The number of Topliss-reactive ketones (excluding diaryl/α,β-unsaturated/α-hetero) is 1. The van der Waals surface area contributed by atoms with E-state index < -0.39 is 0 Å². The molecular formula is C25H30O. The maximum atomic E-state index is 13.0. The topological polar surface area (TPSA) is 17.1 Å². The highest BCUT2D eigenvalue weighted by molar-refractivity contribution is 5.99. The number of carbonyl (C=O) groups is 1. The minimum absolute atomic E-state index is 0.193. The number of hydrogen-bond donors (Lipinski definition) is 0. The van der Waals surface area contributed by atoms with Crippen molar-refractivity contribution in [3.8, 4) is 0 Å². The summed E-state index contributed by atoms with van der Waals surface area (Å²) < 4.78 is 0. The van der Waals surface area contributed by atoms with E-state index in [0.29, 0.717) is 5.78 Å². The highest BCUT2D eigenvalue weighted by Gasteiger charge is 2.25. The molecule has 1 saturated carbocycles. The zero-order valence-corrected chi connectivity index (χ0v) is 16.3. The van der Waals surface area contributed by atoms with Crippen LogP contribution in [0, 0.1) is 18.8 Å². The molecule has 0 radical (unpaired) electrons. The summed E-state index contributed by atoms with van der Waals surface area (Å²) in [6.07, 6.45) is 5.42. The van der Waals surface area contributed by atoms with Crippen LogP contribution in [0.15, 0.2) is 49.0 Å². The first-order valence-corrected chi connectivity index (χ1v) is 9.93. The van der Waals surface area contributed by atoms with Gasteiger partial charge >= 0.3 is 0 Å². The minimum atomic E-state index is 0.193. The van der Waals surface area contributed by atoms with E-state index in [1.54, 1.807) is 0 Å². The van der Waals surface area contributed by atoms with E-state index in [1.807, 2.05) is 6.07 Å². The van der Waals surface area contributed by atoms with Crippen molar-refractivity contribution in [3.05, 3.63) is 76.9 Å². The molecule has 0 atom stereocenters. The molecule has 0 aromatic heterocycles. The van der Waals surface area contributed by atoms with E-state index in [4.69, 9.17) is 0 Å². The first kappa shape index (κ1) is 18.6. The third-order valence-corrected chi connectivity index (χ3v) is 5.92. The highest BCUT2D eigenvalue weighted by Crippen LogP contribution is 2.32. The summed E-state index contributed by atoms with van der Waals surface area (Å²) in [6.45, 7) is 10.9. The van der Waals surface area contributed by atoms with Crippen LogP contribution >= 0.6 is 0 Å². The second-order valence-corrected chi connectivity index (χ2v) is 7.88. The third-order valence-electron chi connectivity index (χ3n) is 5.92. The first-order valence-electron chi connectivity index (χ1n) is 9.93. The van der Waals surface area contributed by atoms with Crippen LogP contribution in [-0.4, -0.2) is 5.78 Å². The maximum absolute atomic E-state index is 13.0. The van der Waals surface area contributed by atoms with Crippen LogP contribution in [0.3, 0.4) is 0 Å². The van der Waals surface area contributed by atoms with Crippen molar-refractivity contribution in [1.29, 1.82) is 0 Å². The molecule has 0 bridgehead atoms. The second kappa shape index (κ2) is 8.03. The lowest BCUT2D eigenvalue weighted by Gasteiger charge is -2.25. The van der Waals surface area contributed by atoms with Crippen molar-refractivity contribution < 1.29 is 4.79 Å². The van der Waals surface area contributed by atoms with Crippen molar-refractivity contribution in [2.75, 3.05) is 0 Å². The lowest BCUT2D eigenvalue weighted by atomic mass is 9.79. The van der Waals surface area contributed by atoms with E-state index in [0.717, 1.165) is 47.4 Å². The van der Waals surface area contributed by atoms with E-state index in [-0.39, 0.29) is 5.92 Å². The van der Waals surface area contributed by atoms with Crippen LogP contribution in [0.1, 0.15) is 72.1 Å². The average Bonchev–Trinajstić information content (AvgIpc) is 2.68. The maximum Gasteiger partial charge on any atom is 0.165 e. The average molecular weight is 347 g/mol. The normalized spacial score (nSPS) is 20.0. The molecule has 1 aliphatic rings. The molecule has 0 saturated heterocycles. The quantitative estimate of drug-likeness (QED) is 0.555. The molecule has 0 amide bonds. The number of carbonyl (C=O) groups excluding carboxylic acids is 1. The monoisotopic (exact) mass is 346 g/mol. The van der Waals surface area contributed by atoms with Crippen LogP contribution < -0.4 is 0 Å². The van der Waals surface area contributed by atoms with Crippen molar-refractivity contribution in [2.45, 2.75) is 52.9 Å². The molecule has 1 aliphatic carbocycles. The molecule has 1 nitrogen and oxygen atoms in total. The molecule has 1 fully saturated rings. The molecule has 0 unspecified atom stereocenters. The molecule has 2 aromatic rings. The fourth-order valence-corrected chi connectivity index (χ4v) is 3.99. The zero-order valence-electron chi connectivity index (χ0n) is 16.3. The fraction of sp³-hybridized carbons (Fsp3) is 0.400. The molecule has 0 N–H and O–H groups in total. The molecule has 2 aromatic carbocycles. The van der Waals surface area contributed by atoms with Gasteiger partial charge in [0.2, 0.25) is 0 Å². The second-order valence-electron chi connectivity index (χ2n) is 7.88. The molecule has 0 spiro atoms. The van der Waals surface area contributed by atoms with Gasteiger partial charge in [-0.1, -0.05) is 69.7 Å². The first-order chi connectivity index (χ1) is 12.5. The lowest BCUT2D eigenvalue weighted by molar-refractivity contribution is 0.0875. The Kier molecular flexibility index (Phi) is 5.76. The molecular weight excluding hydrogens is 316 g/mol. The van der Waals surface area contributed by atoms with Gasteiger partial charge in [0.1, 0.15) is 0 Å². The Morgan fingerprint density at radius 3 is 2.46 bits per heavy atom. The Bertz CT molecular complexity index is 807. The SMILES string of the molecule is C=C(c1cccc(CC)c1)c1cc(C(=O)C2CCC(C)CC2)ccc1C. The molecule has 26 heavy (non-hydrogen) atoms. The van der Waals surface area contributed by atoms with Crippen molar-refractivity contribution in [2.24, 2.45) is 11.8 Å². The summed E-state index contributed by atoms with van der Waals surface area (Å²) in [5, 5.41) is 0. The number of aryl methyl sites for hydroxylation is 2. The molecule has 136 valence electrons. The number of ketones is 1. The van der Waals surface area contributed by atoms with Crippen molar-refractivity contribution in [3.63, 3.8) is 0 Å². The van der Waals surface area contributed by atoms with Gasteiger partial charge in [-0.15, -0.1) is 0 Å². The highest BCUT2D eigenvalue weighted by atomic mass is 16.1. The van der Waals surface area contributed by atoms with Gasteiger partial charge in [0.15, 0.2) is 5.78 Å². The number of benzene rings is 2. The van der Waals surface area contributed by atoms with Crippen molar-refractivity contribution >= 4 is 11.4 Å². The summed E-state index contributed by atoms with van der Waals surface area (Å²) in [5.41, 5.74) is 6.56. The minimum Gasteiger partial charge on any atom is -0.294 e. The summed E-state index contributed by atoms with van der Waals surface area (Å²) in [6, 6.07) is 14.7. The van der Waals surface area contributed by atoms with E-state index in [1.165, 1.54) is 24.0 Å². The van der Waals surface area contributed by atoms with Gasteiger partial charge in [0, 0.05) is 11.5 Å². The van der Waals surface area contributed by atoms with Crippen LogP contribution in [-0.2, 0) is 6.42 Å². The number of rotatable bonds is 5. The summed E-state index contributed by atoms with van der Waals surface area (Å²) in [5.74, 6) is 1.27. The Balaban J connectivity index is 1.87. The van der Waals surface area contributed by atoms with Gasteiger partial charge in [0.05, 0.1) is 0 Å². The van der Waals surface area contributed by atoms with E-state index >= 15 is 0 Å². The Morgan fingerprint density at radius 1 is 1.04 bits per heavy atom. The lowest BCUT2D eigenvalue weighted by Crippen LogP contribution is -2.21. The van der Waals surface area contributed by atoms with Crippen molar-refractivity contribution in [1.82, 2.24) is 0 Å². The largest absolute Gasteiger partial charge is 0.294 e. The predicted molar refractivity (Wildman–Crippen MR) is 111 cm³/mol. The van der Waals surface area contributed by atoms with Gasteiger partial charge < -0.3 is 0 Å². The predicted octanol–water partition coefficient (Wildman–Crippen LogP) is 6.63. The van der Waals surface area contributed by atoms with Gasteiger partial charge in [-0.2, -0.15) is 0 Å². The van der Waals surface area contributed by atoms with E-state index in [9.17, 15) is 4.79 Å². The Hall–Kier alpha value is -2.15. The summed E-state index contributed by atoms with van der Waals surface area (Å²) in [4.78, 5) is 13.0. The molecule has 3 rings (SSSR count). The smallest absolute Gasteiger partial charge is 0.165 e. The standard InChI is InChI=1S/C25H30O/c1-5-20-7-6-8-22(15-20)19(4)24-16-23(14-11-18(24)3)25(26)21-12-9-17(2)10-13-21/h6-8,11,14-17,21H,4-5,9-10,12-13H2,1-3H3. The van der Waals surface area contributed by atoms with Gasteiger partial charge in [-0.25, -0.2) is 0 Å². The van der Waals surface area contributed by atoms with Crippen LogP contribution in [0.5, 0.6) is 0 Å². The van der Waals surface area contributed by atoms with Crippen LogP contribution in [0.4, 0.5) is 0 Å². The van der Waals surface area contributed by atoms with Crippen LogP contribution in [0.25, 0.3) is 5.57 Å². The van der Waals surface area contributed by atoms with Crippen LogP contribution in [0.2, 0.25) is 0 Å².